The van der Waals surface area contributed by atoms with Crippen LogP contribution in [0.25, 0.3) is 21.5 Å². The summed E-state index contributed by atoms with van der Waals surface area (Å²) in [4.78, 5) is 13.6. The van der Waals surface area contributed by atoms with E-state index in [1.165, 1.54) is 27.1 Å². The van der Waals surface area contributed by atoms with Crippen LogP contribution in [0.4, 0.5) is 0 Å². The zero-order valence-corrected chi connectivity index (χ0v) is 19.7. The summed E-state index contributed by atoms with van der Waals surface area (Å²) < 4.78 is 0. The van der Waals surface area contributed by atoms with Crippen LogP contribution in [0.15, 0.2) is 103 Å². The third-order valence-electron chi connectivity index (χ3n) is 6.60. The van der Waals surface area contributed by atoms with E-state index >= 15 is 0 Å². The molecule has 5 nitrogen and oxygen atoms in total. The minimum atomic E-state index is -1.56. The lowest BCUT2D eigenvalue weighted by molar-refractivity contribution is 0.0697. The molecule has 0 unspecified atom stereocenters. The molecule has 0 amide bonds. The molecule has 0 heterocycles. The van der Waals surface area contributed by atoms with Crippen LogP contribution in [-0.2, 0) is 19.6 Å². The summed E-state index contributed by atoms with van der Waals surface area (Å²) in [5, 5.41) is 33.9. The van der Waals surface area contributed by atoms with Gasteiger partial charge in [0, 0.05) is 19.6 Å². The van der Waals surface area contributed by atoms with Crippen molar-refractivity contribution in [1.82, 2.24) is 4.90 Å². The maximum Gasteiger partial charge on any atom is 0.488 e. The number of fused-ring (bicyclic) bond motifs is 2. The normalized spacial score (nSPS) is 11.3. The van der Waals surface area contributed by atoms with E-state index in [0.29, 0.717) is 25.1 Å². The summed E-state index contributed by atoms with van der Waals surface area (Å²) >= 11 is 0. The number of nitrogens with zero attached hydrogens (tertiary/aromatic N) is 1. The maximum atomic E-state index is 11.3. The molecule has 0 aliphatic heterocycles. The van der Waals surface area contributed by atoms with Gasteiger partial charge in [-0.2, -0.15) is 0 Å². The van der Waals surface area contributed by atoms with Crippen LogP contribution in [0, 0.1) is 0 Å². The topological polar surface area (TPSA) is 81.0 Å². The Morgan fingerprint density at radius 1 is 0.694 bits per heavy atom. The van der Waals surface area contributed by atoms with E-state index in [4.69, 9.17) is 0 Å². The first kappa shape index (κ1) is 23.8. The second-order valence-corrected chi connectivity index (χ2v) is 9.02. The fourth-order valence-corrected chi connectivity index (χ4v) is 4.85. The van der Waals surface area contributed by atoms with Crippen LogP contribution in [0.1, 0.15) is 27.0 Å². The zero-order valence-electron chi connectivity index (χ0n) is 19.7. The van der Waals surface area contributed by atoms with Crippen molar-refractivity contribution in [3.63, 3.8) is 0 Å². The molecule has 5 aromatic carbocycles. The van der Waals surface area contributed by atoms with Crippen LogP contribution < -0.4 is 5.46 Å². The molecule has 0 bridgehead atoms. The Labute approximate surface area is 210 Å². The molecule has 178 valence electrons. The smallest absolute Gasteiger partial charge is 0.478 e. The highest BCUT2D eigenvalue weighted by atomic mass is 16.4. The molecule has 0 aromatic heterocycles. The van der Waals surface area contributed by atoms with Gasteiger partial charge in [0.05, 0.1) is 5.56 Å². The van der Waals surface area contributed by atoms with Crippen LogP contribution >= 0.6 is 0 Å². The lowest BCUT2D eigenvalue weighted by Crippen LogP contribution is -2.35. The van der Waals surface area contributed by atoms with E-state index < -0.39 is 13.1 Å². The van der Waals surface area contributed by atoms with Crippen LogP contribution in [-0.4, -0.2) is 33.1 Å². The monoisotopic (exact) mass is 475 g/mol. The van der Waals surface area contributed by atoms with E-state index in [0.717, 1.165) is 11.1 Å². The third kappa shape index (κ3) is 5.02. The molecule has 6 heteroatoms. The van der Waals surface area contributed by atoms with Gasteiger partial charge in [-0.25, -0.2) is 4.79 Å². The second kappa shape index (κ2) is 10.3. The molecule has 5 rings (SSSR count). The molecule has 0 aliphatic rings. The van der Waals surface area contributed by atoms with E-state index in [1.807, 2.05) is 48.5 Å². The Morgan fingerprint density at radius 2 is 1.28 bits per heavy atom. The van der Waals surface area contributed by atoms with Crippen LogP contribution in [0.3, 0.4) is 0 Å². The fraction of sp³-hybridized carbons (Fsp3) is 0.100. The van der Waals surface area contributed by atoms with Gasteiger partial charge >= 0.3 is 13.1 Å². The van der Waals surface area contributed by atoms with Gasteiger partial charge in [0.25, 0.3) is 0 Å². The highest BCUT2D eigenvalue weighted by molar-refractivity contribution is 6.59. The maximum absolute atomic E-state index is 11.3. The molecule has 0 saturated carbocycles. The van der Waals surface area contributed by atoms with Crippen molar-refractivity contribution in [2.24, 2.45) is 0 Å². The van der Waals surface area contributed by atoms with Crippen molar-refractivity contribution in [1.29, 1.82) is 0 Å². The molecule has 0 aliphatic carbocycles. The highest BCUT2D eigenvalue weighted by Gasteiger charge is 2.19. The van der Waals surface area contributed by atoms with Gasteiger partial charge in [-0.15, -0.1) is 0 Å². The highest BCUT2D eigenvalue weighted by Crippen LogP contribution is 2.30. The standard InChI is InChI=1S/C30H26BNO4/c33-30(34)22-15-13-21(14-16-22)18-32(19-25-9-3-6-12-29(25)31(35)36)20-28-26-10-4-1-7-23(26)17-24-8-2-5-11-27(24)28/h1-17,35-36H,18-20H2,(H,33,34). The number of carboxylic acids is 1. The molecule has 0 radical (unpaired) electrons. The van der Waals surface area contributed by atoms with Gasteiger partial charge in [-0.1, -0.05) is 84.9 Å². The minimum absolute atomic E-state index is 0.249. The Kier molecular flexibility index (Phi) is 6.82. The Morgan fingerprint density at radius 3 is 1.89 bits per heavy atom. The number of carboxylic acid groups (broad SMARTS) is 1. The van der Waals surface area contributed by atoms with Gasteiger partial charge < -0.3 is 15.2 Å². The average Bonchev–Trinajstić information content (AvgIpc) is 2.89. The molecular weight excluding hydrogens is 449 g/mol. The lowest BCUT2D eigenvalue weighted by atomic mass is 9.77. The van der Waals surface area contributed by atoms with E-state index in [2.05, 4.69) is 35.2 Å². The summed E-state index contributed by atoms with van der Waals surface area (Å²) in [7, 11) is -1.56. The predicted octanol–water partition coefficient (Wildman–Crippen LogP) is 4.57. The molecule has 0 saturated heterocycles. The Hall–Kier alpha value is -3.97. The van der Waals surface area contributed by atoms with Gasteiger partial charge in [-0.3, -0.25) is 4.90 Å². The zero-order chi connectivity index (χ0) is 25.1. The average molecular weight is 475 g/mol. The number of aromatic carboxylic acids is 1. The van der Waals surface area contributed by atoms with Gasteiger partial charge in [-0.05, 0) is 61.9 Å². The quantitative estimate of drug-likeness (QED) is 0.226. The molecule has 0 atom stereocenters. The third-order valence-corrected chi connectivity index (χ3v) is 6.60. The first-order valence-corrected chi connectivity index (χ1v) is 11.9. The van der Waals surface area contributed by atoms with Gasteiger partial charge in [0.15, 0.2) is 0 Å². The predicted molar refractivity (Wildman–Crippen MR) is 144 cm³/mol. The van der Waals surface area contributed by atoms with E-state index in [-0.39, 0.29) is 5.56 Å². The van der Waals surface area contributed by atoms with Crippen LogP contribution in [0.2, 0.25) is 0 Å². The minimum Gasteiger partial charge on any atom is -0.478 e. The number of hydrogen-bond acceptors (Lipinski definition) is 4. The van der Waals surface area contributed by atoms with Crippen molar-refractivity contribution >= 4 is 40.1 Å². The number of rotatable bonds is 8. The Bertz CT molecular complexity index is 1480. The number of hydrogen-bond donors (Lipinski definition) is 3. The molecule has 0 spiro atoms. The summed E-state index contributed by atoms with van der Waals surface area (Å²) in [6, 6.07) is 33.2. The fourth-order valence-electron chi connectivity index (χ4n) is 4.85. The summed E-state index contributed by atoms with van der Waals surface area (Å²) in [5.41, 5.74) is 3.74. The summed E-state index contributed by atoms with van der Waals surface area (Å²) in [6.45, 7) is 1.68. The Balaban J connectivity index is 1.58. The largest absolute Gasteiger partial charge is 0.488 e. The van der Waals surface area contributed by atoms with Crippen molar-refractivity contribution in [2.45, 2.75) is 19.6 Å². The summed E-state index contributed by atoms with van der Waals surface area (Å²) in [6.07, 6.45) is 0. The molecule has 3 N–H and O–H groups in total. The lowest BCUT2D eigenvalue weighted by Gasteiger charge is -2.26. The number of carbonyl (C=O) groups is 1. The second-order valence-electron chi connectivity index (χ2n) is 9.02. The van der Waals surface area contributed by atoms with Crippen LogP contribution in [0.5, 0.6) is 0 Å². The van der Waals surface area contributed by atoms with Gasteiger partial charge in [0.2, 0.25) is 0 Å². The summed E-state index contributed by atoms with van der Waals surface area (Å²) in [5.74, 6) is -0.952. The molecular formula is C30H26BNO4. The van der Waals surface area contributed by atoms with Crippen molar-refractivity contribution in [3.05, 3.63) is 125 Å². The first-order valence-electron chi connectivity index (χ1n) is 11.9. The molecule has 0 fully saturated rings. The first-order chi connectivity index (χ1) is 17.5. The van der Waals surface area contributed by atoms with E-state index in [9.17, 15) is 19.9 Å². The van der Waals surface area contributed by atoms with Crippen molar-refractivity contribution in [3.8, 4) is 0 Å². The number of benzene rings is 5. The molecule has 36 heavy (non-hydrogen) atoms. The van der Waals surface area contributed by atoms with E-state index in [1.54, 1.807) is 24.3 Å². The molecule has 5 aromatic rings. The van der Waals surface area contributed by atoms with Crippen molar-refractivity contribution in [2.75, 3.05) is 0 Å². The van der Waals surface area contributed by atoms with Crippen molar-refractivity contribution < 1.29 is 19.9 Å². The van der Waals surface area contributed by atoms with Gasteiger partial charge in [0.1, 0.15) is 0 Å². The SMILES string of the molecule is O=C(O)c1ccc(CN(Cc2ccccc2B(O)O)Cc2c3ccccc3cc3ccccc23)cc1.